The topological polar surface area (TPSA) is 76.0 Å². The molecule has 1 fully saturated rings. The molecule has 1 unspecified atom stereocenters. The molecule has 2 heterocycles. The van der Waals surface area contributed by atoms with Gasteiger partial charge in [0.05, 0.1) is 6.54 Å². The average molecular weight is 405 g/mol. The van der Waals surface area contributed by atoms with Gasteiger partial charge >= 0.3 is 0 Å². The first-order valence-corrected chi connectivity index (χ1v) is 11.0. The lowest BCUT2D eigenvalue weighted by molar-refractivity contribution is 0.243. The number of aromatic nitrogens is 1. The van der Waals surface area contributed by atoms with Gasteiger partial charge in [0, 0.05) is 52.1 Å². The second-order valence-corrected chi connectivity index (χ2v) is 8.40. The quantitative estimate of drug-likeness (QED) is 0.409. The van der Waals surface area contributed by atoms with Gasteiger partial charge < -0.3 is 25.5 Å². The zero-order valence-corrected chi connectivity index (χ0v) is 18.7. The number of pyridine rings is 1. The van der Waals surface area contributed by atoms with Gasteiger partial charge in [-0.1, -0.05) is 13.8 Å². The highest BCUT2D eigenvalue weighted by molar-refractivity contribution is 5.79. The van der Waals surface area contributed by atoms with Crippen LogP contribution in [0.5, 0.6) is 0 Å². The first-order chi connectivity index (χ1) is 14.0. The number of nitrogens with one attached hydrogen (secondary N) is 2. The maximum absolute atomic E-state index is 9.33. The Hall–Kier alpha value is -1.86. The molecule has 0 amide bonds. The third-order valence-electron chi connectivity index (χ3n) is 5.30. The van der Waals surface area contributed by atoms with E-state index in [1.807, 2.05) is 12.3 Å². The lowest BCUT2D eigenvalue weighted by Crippen LogP contribution is -2.44. The van der Waals surface area contributed by atoms with Gasteiger partial charge in [-0.2, -0.15) is 0 Å². The van der Waals surface area contributed by atoms with Gasteiger partial charge in [-0.05, 0) is 56.3 Å². The Balaban J connectivity index is 1.95. The van der Waals surface area contributed by atoms with Crippen LogP contribution in [0.3, 0.4) is 0 Å². The largest absolute Gasteiger partial charge is 0.396 e. The number of nitrogens with zero attached hydrogens (tertiary/aromatic N) is 4. The van der Waals surface area contributed by atoms with Crippen molar-refractivity contribution in [2.45, 2.75) is 40.2 Å². The molecule has 1 aromatic heterocycles. The normalized spacial score (nSPS) is 16.9. The highest BCUT2D eigenvalue weighted by Gasteiger charge is 2.15. The van der Waals surface area contributed by atoms with E-state index in [1.54, 1.807) is 0 Å². The summed E-state index contributed by atoms with van der Waals surface area (Å²) < 4.78 is 0. The fourth-order valence-electron chi connectivity index (χ4n) is 3.67. The van der Waals surface area contributed by atoms with Crippen molar-refractivity contribution in [1.29, 1.82) is 0 Å². The Bertz CT molecular complexity index is 613. The summed E-state index contributed by atoms with van der Waals surface area (Å²) in [6, 6.07) is 4.20. The van der Waals surface area contributed by atoms with Crippen LogP contribution in [-0.4, -0.2) is 73.9 Å². The molecular weight excluding hydrogens is 364 g/mol. The summed E-state index contributed by atoms with van der Waals surface area (Å²) in [5.41, 5.74) is 1.17. The second kappa shape index (κ2) is 12.6. The van der Waals surface area contributed by atoms with Crippen LogP contribution in [0.15, 0.2) is 23.3 Å². The summed E-state index contributed by atoms with van der Waals surface area (Å²) in [7, 11) is 2.16. The number of hydrogen-bond acceptors (Lipinski definition) is 5. The molecule has 2 rings (SSSR count). The maximum atomic E-state index is 9.33. The van der Waals surface area contributed by atoms with Gasteiger partial charge in [-0.25, -0.2) is 9.98 Å². The summed E-state index contributed by atoms with van der Waals surface area (Å²) >= 11 is 0. The van der Waals surface area contributed by atoms with Crippen LogP contribution in [-0.2, 0) is 6.54 Å². The summed E-state index contributed by atoms with van der Waals surface area (Å²) in [6.45, 7) is 13.2. The Morgan fingerprint density at radius 3 is 2.66 bits per heavy atom. The van der Waals surface area contributed by atoms with Crippen molar-refractivity contribution in [3.8, 4) is 0 Å². The van der Waals surface area contributed by atoms with Gasteiger partial charge in [0.2, 0.25) is 0 Å². The Morgan fingerprint density at radius 2 is 2.00 bits per heavy atom. The molecule has 164 valence electrons. The fourth-order valence-corrected chi connectivity index (χ4v) is 3.67. The second-order valence-electron chi connectivity index (χ2n) is 8.40. The van der Waals surface area contributed by atoms with Crippen LogP contribution >= 0.6 is 0 Å². The summed E-state index contributed by atoms with van der Waals surface area (Å²) in [5, 5.41) is 16.1. The minimum Gasteiger partial charge on any atom is -0.396 e. The molecule has 3 N–H and O–H groups in total. The van der Waals surface area contributed by atoms with E-state index in [1.165, 1.54) is 5.56 Å². The van der Waals surface area contributed by atoms with Crippen molar-refractivity contribution >= 4 is 11.8 Å². The minimum atomic E-state index is 0.235. The monoisotopic (exact) mass is 404 g/mol. The van der Waals surface area contributed by atoms with Gasteiger partial charge in [0.25, 0.3) is 0 Å². The van der Waals surface area contributed by atoms with Crippen LogP contribution in [0.1, 0.15) is 39.2 Å². The van der Waals surface area contributed by atoms with E-state index in [2.05, 4.69) is 59.3 Å². The SMILES string of the molecule is CCNC(=NCc1ccnc(N2CCN(C)CC2)c1)NCC(CCO)CC(C)C. The van der Waals surface area contributed by atoms with E-state index in [0.717, 1.165) is 63.9 Å². The van der Waals surface area contributed by atoms with E-state index in [0.29, 0.717) is 18.4 Å². The molecular formula is C22H40N6O. The molecule has 0 aliphatic carbocycles. The van der Waals surface area contributed by atoms with Crippen molar-refractivity contribution in [2.75, 3.05) is 57.8 Å². The molecule has 1 atom stereocenters. The van der Waals surface area contributed by atoms with Crippen molar-refractivity contribution in [3.63, 3.8) is 0 Å². The zero-order chi connectivity index (χ0) is 21.1. The van der Waals surface area contributed by atoms with Crippen molar-refractivity contribution in [3.05, 3.63) is 23.9 Å². The van der Waals surface area contributed by atoms with E-state index in [-0.39, 0.29) is 6.61 Å². The number of aliphatic imine (C=N–C) groups is 1. The average Bonchev–Trinajstić information content (AvgIpc) is 2.70. The predicted octanol–water partition coefficient (Wildman–Crippen LogP) is 1.93. The Kier molecular flexibility index (Phi) is 10.2. The third kappa shape index (κ3) is 8.58. The molecule has 29 heavy (non-hydrogen) atoms. The van der Waals surface area contributed by atoms with Gasteiger partial charge in [0.15, 0.2) is 5.96 Å². The highest BCUT2D eigenvalue weighted by atomic mass is 16.3. The fraction of sp³-hybridized carbons (Fsp3) is 0.727. The number of rotatable bonds is 10. The van der Waals surface area contributed by atoms with Gasteiger partial charge in [-0.15, -0.1) is 0 Å². The molecule has 0 radical (unpaired) electrons. The van der Waals surface area contributed by atoms with E-state index >= 15 is 0 Å². The molecule has 0 bridgehead atoms. The summed E-state index contributed by atoms with van der Waals surface area (Å²) in [4.78, 5) is 14.0. The lowest BCUT2D eigenvalue weighted by Gasteiger charge is -2.33. The molecule has 0 saturated carbocycles. The molecule has 0 spiro atoms. The molecule has 0 aromatic carbocycles. The van der Waals surface area contributed by atoms with Gasteiger partial charge in [-0.3, -0.25) is 0 Å². The minimum absolute atomic E-state index is 0.235. The van der Waals surface area contributed by atoms with E-state index in [4.69, 9.17) is 4.99 Å². The van der Waals surface area contributed by atoms with Crippen LogP contribution in [0.2, 0.25) is 0 Å². The van der Waals surface area contributed by atoms with Crippen LogP contribution in [0.25, 0.3) is 0 Å². The lowest BCUT2D eigenvalue weighted by atomic mass is 9.94. The zero-order valence-electron chi connectivity index (χ0n) is 18.7. The van der Waals surface area contributed by atoms with E-state index in [9.17, 15) is 5.11 Å². The molecule has 7 nitrogen and oxygen atoms in total. The predicted molar refractivity (Wildman–Crippen MR) is 121 cm³/mol. The third-order valence-corrected chi connectivity index (χ3v) is 5.30. The summed E-state index contributed by atoms with van der Waals surface area (Å²) in [6.07, 6.45) is 3.81. The highest BCUT2D eigenvalue weighted by Crippen LogP contribution is 2.16. The molecule has 1 aromatic rings. The number of guanidine groups is 1. The Labute approximate surface area is 176 Å². The van der Waals surface area contributed by atoms with Gasteiger partial charge in [0.1, 0.15) is 5.82 Å². The van der Waals surface area contributed by atoms with Crippen LogP contribution in [0, 0.1) is 11.8 Å². The first-order valence-electron chi connectivity index (χ1n) is 11.0. The number of hydrogen-bond donors (Lipinski definition) is 3. The molecule has 1 saturated heterocycles. The van der Waals surface area contributed by atoms with Crippen molar-refractivity contribution < 1.29 is 5.11 Å². The van der Waals surface area contributed by atoms with Crippen LogP contribution < -0.4 is 15.5 Å². The van der Waals surface area contributed by atoms with Crippen LogP contribution in [0.4, 0.5) is 5.82 Å². The van der Waals surface area contributed by atoms with Crippen molar-refractivity contribution in [2.24, 2.45) is 16.8 Å². The first kappa shape index (κ1) is 23.4. The Morgan fingerprint density at radius 1 is 1.24 bits per heavy atom. The smallest absolute Gasteiger partial charge is 0.191 e. The summed E-state index contributed by atoms with van der Waals surface area (Å²) in [5.74, 6) is 2.95. The molecule has 7 heteroatoms. The number of piperazine rings is 1. The molecule has 1 aliphatic heterocycles. The number of likely N-dealkylation sites (N-methyl/N-ethyl adjacent to an activating group) is 1. The van der Waals surface area contributed by atoms with E-state index < -0.39 is 0 Å². The number of aliphatic hydroxyl groups excluding tert-OH is 1. The standard InChI is InChI=1S/C22H40N6O/c1-5-23-22(26-17-20(7-13-29)14-18(2)3)25-16-19-6-8-24-21(15-19)28-11-9-27(4)10-12-28/h6,8,15,18,20,29H,5,7,9-14,16-17H2,1-4H3,(H2,23,25,26). The number of aliphatic hydroxyl groups is 1. The maximum Gasteiger partial charge on any atom is 0.191 e. The molecule has 1 aliphatic rings. The number of anilines is 1. The van der Waals surface area contributed by atoms with Crippen molar-refractivity contribution in [1.82, 2.24) is 20.5 Å².